The Morgan fingerprint density at radius 3 is 2.54 bits per heavy atom. The average molecular weight is 375 g/mol. The number of primary amides is 1. The number of aromatic nitrogens is 4. The molecule has 0 spiro atoms. The van der Waals surface area contributed by atoms with Gasteiger partial charge in [-0.25, -0.2) is 9.97 Å². The lowest BCUT2D eigenvalue weighted by Gasteiger charge is -2.13. The molecule has 142 valence electrons. The monoisotopic (exact) mass is 375 g/mol. The van der Waals surface area contributed by atoms with E-state index in [0.29, 0.717) is 29.3 Å². The van der Waals surface area contributed by atoms with Crippen molar-refractivity contribution in [2.45, 2.75) is 27.2 Å². The Hall–Kier alpha value is -3.48. The summed E-state index contributed by atoms with van der Waals surface area (Å²) in [6, 6.07) is 9.21. The summed E-state index contributed by atoms with van der Waals surface area (Å²) in [5.74, 6) is 0.765. The molecule has 4 rings (SSSR count). The molecule has 28 heavy (non-hydrogen) atoms. The van der Waals surface area contributed by atoms with Crippen LogP contribution in [0.5, 0.6) is 5.88 Å². The van der Waals surface area contributed by atoms with Crippen molar-refractivity contribution in [1.82, 2.24) is 19.4 Å². The maximum atomic E-state index is 11.9. The van der Waals surface area contributed by atoms with Crippen molar-refractivity contribution in [2.75, 3.05) is 7.11 Å². The zero-order valence-electron chi connectivity index (χ0n) is 16.3. The van der Waals surface area contributed by atoms with Crippen LogP contribution < -0.4 is 10.5 Å². The summed E-state index contributed by atoms with van der Waals surface area (Å²) in [6.45, 7) is 5.90. The number of fused-ring (bicyclic) bond motifs is 3. The first-order valence-corrected chi connectivity index (χ1v) is 9.08. The van der Waals surface area contributed by atoms with Gasteiger partial charge in [0, 0.05) is 17.2 Å². The first kappa shape index (κ1) is 17.9. The molecule has 0 aliphatic rings. The van der Waals surface area contributed by atoms with E-state index in [-0.39, 0.29) is 0 Å². The van der Waals surface area contributed by atoms with Gasteiger partial charge < -0.3 is 10.5 Å². The molecule has 1 amide bonds. The lowest BCUT2D eigenvalue weighted by atomic mass is 9.98. The van der Waals surface area contributed by atoms with E-state index >= 15 is 0 Å². The highest BCUT2D eigenvalue weighted by atomic mass is 16.5. The second-order valence-electron chi connectivity index (χ2n) is 6.65. The molecule has 0 saturated carbocycles. The van der Waals surface area contributed by atoms with E-state index < -0.39 is 5.91 Å². The molecule has 7 nitrogen and oxygen atoms in total. The van der Waals surface area contributed by atoms with E-state index in [1.807, 2.05) is 43.4 Å². The largest absolute Gasteiger partial charge is 0.481 e. The number of aryl methyl sites for hydroxylation is 2. The van der Waals surface area contributed by atoms with Crippen molar-refractivity contribution in [3.8, 4) is 17.3 Å². The van der Waals surface area contributed by atoms with Crippen LogP contribution in [-0.4, -0.2) is 32.4 Å². The van der Waals surface area contributed by atoms with Crippen molar-refractivity contribution in [3.63, 3.8) is 0 Å². The topological polar surface area (TPSA) is 95.4 Å². The molecule has 3 aromatic heterocycles. The average Bonchev–Trinajstić information content (AvgIpc) is 3.05. The number of methoxy groups -OCH3 is 1. The Labute approximate surface area is 162 Å². The van der Waals surface area contributed by atoms with Crippen LogP contribution in [0, 0.1) is 13.8 Å². The smallest absolute Gasteiger partial charge is 0.248 e. The second kappa shape index (κ2) is 6.60. The van der Waals surface area contributed by atoms with Gasteiger partial charge in [-0.2, -0.15) is 4.98 Å². The van der Waals surface area contributed by atoms with Gasteiger partial charge in [0.25, 0.3) is 0 Å². The van der Waals surface area contributed by atoms with Crippen molar-refractivity contribution < 1.29 is 9.53 Å². The molecule has 0 fully saturated rings. The summed E-state index contributed by atoms with van der Waals surface area (Å²) < 4.78 is 7.31. The van der Waals surface area contributed by atoms with E-state index in [2.05, 4.69) is 9.97 Å². The van der Waals surface area contributed by atoms with Crippen molar-refractivity contribution in [1.29, 1.82) is 0 Å². The quantitative estimate of drug-likeness (QED) is 0.591. The molecule has 3 heterocycles. The molecule has 0 aliphatic heterocycles. The number of amides is 1. The van der Waals surface area contributed by atoms with Gasteiger partial charge in [-0.15, -0.1) is 0 Å². The van der Waals surface area contributed by atoms with Gasteiger partial charge >= 0.3 is 0 Å². The van der Waals surface area contributed by atoms with Crippen molar-refractivity contribution in [3.05, 3.63) is 52.8 Å². The van der Waals surface area contributed by atoms with E-state index in [9.17, 15) is 4.79 Å². The zero-order chi connectivity index (χ0) is 20.0. The maximum absolute atomic E-state index is 11.9. The fraction of sp³-hybridized carbons (Fsp3) is 0.238. The van der Waals surface area contributed by atoms with Crippen LogP contribution in [0.1, 0.15) is 34.2 Å². The SMILES string of the molecule is CCc1c(C(N)=O)cccc1-c1nc(C)c2c(C)nc3ccc(OC)nc3n12. The number of ether oxygens (including phenoxy) is 1. The molecular weight excluding hydrogens is 354 g/mol. The van der Waals surface area contributed by atoms with Gasteiger partial charge in [0.1, 0.15) is 11.3 Å². The Morgan fingerprint density at radius 2 is 1.86 bits per heavy atom. The summed E-state index contributed by atoms with van der Waals surface area (Å²) in [5, 5.41) is 0. The van der Waals surface area contributed by atoms with Gasteiger partial charge in [0.05, 0.1) is 24.0 Å². The Bertz CT molecular complexity index is 1240. The van der Waals surface area contributed by atoms with Crippen LogP contribution in [0.3, 0.4) is 0 Å². The molecule has 0 saturated heterocycles. The molecule has 2 N–H and O–H groups in total. The zero-order valence-corrected chi connectivity index (χ0v) is 16.3. The molecule has 7 heteroatoms. The fourth-order valence-corrected chi connectivity index (χ4v) is 3.77. The minimum absolute atomic E-state index is 0.446. The minimum Gasteiger partial charge on any atom is -0.481 e. The Kier molecular flexibility index (Phi) is 4.22. The molecule has 0 unspecified atom stereocenters. The minimum atomic E-state index is -0.446. The number of imidazole rings is 1. The number of carbonyl (C=O) groups is 1. The molecular formula is C21H21N5O2. The van der Waals surface area contributed by atoms with Crippen LogP contribution in [0.15, 0.2) is 30.3 Å². The number of rotatable bonds is 4. The lowest BCUT2D eigenvalue weighted by molar-refractivity contribution is 0.0999. The third-order valence-corrected chi connectivity index (χ3v) is 4.97. The summed E-state index contributed by atoms with van der Waals surface area (Å²) >= 11 is 0. The first-order chi connectivity index (χ1) is 13.5. The number of nitrogens with zero attached hydrogens (tertiary/aromatic N) is 4. The van der Waals surface area contributed by atoms with E-state index in [4.69, 9.17) is 15.5 Å². The van der Waals surface area contributed by atoms with Crippen molar-refractivity contribution >= 4 is 22.6 Å². The fourth-order valence-electron chi connectivity index (χ4n) is 3.77. The second-order valence-corrected chi connectivity index (χ2v) is 6.65. The lowest BCUT2D eigenvalue weighted by Crippen LogP contribution is -2.14. The first-order valence-electron chi connectivity index (χ1n) is 9.08. The van der Waals surface area contributed by atoms with Crippen LogP contribution in [0.4, 0.5) is 0 Å². The molecule has 0 aliphatic carbocycles. The van der Waals surface area contributed by atoms with Crippen LogP contribution in [0.2, 0.25) is 0 Å². The number of carbonyl (C=O) groups excluding carboxylic acids is 1. The molecule has 0 bridgehead atoms. The number of hydrogen-bond donors (Lipinski definition) is 1. The standard InChI is InChI=1S/C21H21N5O2/c1-5-13-14(19(22)27)7-6-8-15(13)20-24-12(3)18-11(2)23-16-9-10-17(28-4)25-21(16)26(18)20/h6-10H,5H2,1-4H3,(H2,22,27). The summed E-state index contributed by atoms with van der Waals surface area (Å²) in [5.41, 5.74) is 11.8. The summed E-state index contributed by atoms with van der Waals surface area (Å²) in [7, 11) is 1.58. The highest BCUT2D eigenvalue weighted by Crippen LogP contribution is 2.31. The van der Waals surface area contributed by atoms with Gasteiger partial charge in [0.15, 0.2) is 5.65 Å². The number of pyridine rings is 1. The Morgan fingerprint density at radius 1 is 1.11 bits per heavy atom. The predicted octanol–water partition coefficient (Wildman–Crippen LogP) is 3.23. The van der Waals surface area contributed by atoms with Crippen LogP contribution >= 0.6 is 0 Å². The summed E-state index contributed by atoms with van der Waals surface area (Å²) in [6.07, 6.45) is 0.654. The predicted molar refractivity (Wildman–Crippen MR) is 108 cm³/mol. The van der Waals surface area contributed by atoms with E-state index in [0.717, 1.165) is 33.5 Å². The van der Waals surface area contributed by atoms with Gasteiger partial charge in [0.2, 0.25) is 11.8 Å². The third-order valence-electron chi connectivity index (χ3n) is 4.97. The number of nitrogens with two attached hydrogens (primary N) is 1. The third kappa shape index (κ3) is 2.58. The van der Waals surface area contributed by atoms with Crippen LogP contribution in [-0.2, 0) is 6.42 Å². The van der Waals surface area contributed by atoms with E-state index in [1.54, 1.807) is 19.2 Å². The van der Waals surface area contributed by atoms with Gasteiger partial charge in [-0.05, 0) is 38.0 Å². The van der Waals surface area contributed by atoms with Gasteiger partial charge in [-0.3, -0.25) is 9.20 Å². The van der Waals surface area contributed by atoms with Crippen molar-refractivity contribution in [2.24, 2.45) is 5.73 Å². The molecule has 0 atom stereocenters. The normalized spacial score (nSPS) is 11.3. The molecule has 0 radical (unpaired) electrons. The number of benzene rings is 1. The van der Waals surface area contributed by atoms with Gasteiger partial charge in [-0.1, -0.05) is 19.1 Å². The maximum Gasteiger partial charge on any atom is 0.248 e. The number of hydrogen-bond acceptors (Lipinski definition) is 5. The summed E-state index contributed by atoms with van der Waals surface area (Å²) in [4.78, 5) is 26.1. The Balaban J connectivity index is 2.17. The highest BCUT2D eigenvalue weighted by Gasteiger charge is 2.21. The molecule has 1 aromatic carbocycles. The van der Waals surface area contributed by atoms with Crippen LogP contribution in [0.25, 0.3) is 28.1 Å². The molecule has 4 aromatic rings. The van der Waals surface area contributed by atoms with E-state index in [1.165, 1.54) is 0 Å². The highest BCUT2D eigenvalue weighted by molar-refractivity contribution is 5.96.